The molecule has 35 heavy (non-hydrogen) atoms. The fourth-order valence-electron chi connectivity index (χ4n) is 4.60. The number of aromatic nitrogens is 3. The lowest BCUT2D eigenvalue weighted by Gasteiger charge is -2.34. The Morgan fingerprint density at radius 2 is 1.97 bits per heavy atom. The maximum Gasteiger partial charge on any atom is 0.178 e. The van der Waals surface area contributed by atoms with Gasteiger partial charge in [0.1, 0.15) is 18.1 Å². The number of ether oxygens (including phenoxy) is 2. The van der Waals surface area contributed by atoms with Crippen molar-refractivity contribution in [3.8, 4) is 17.0 Å². The highest BCUT2D eigenvalue weighted by Gasteiger charge is 2.26. The summed E-state index contributed by atoms with van der Waals surface area (Å²) in [6.45, 7) is 6.59. The molecular weight excluding hydrogens is 452 g/mol. The Morgan fingerprint density at radius 3 is 2.69 bits per heavy atom. The first-order chi connectivity index (χ1) is 16.9. The minimum absolute atomic E-state index is 0.0589. The molecule has 184 valence electrons. The number of halogens is 2. The van der Waals surface area contributed by atoms with Gasteiger partial charge in [0.2, 0.25) is 0 Å². The molecule has 2 aliphatic rings. The fourth-order valence-corrected chi connectivity index (χ4v) is 4.60. The predicted molar refractivity (Wildman–Crippen MR) is 130 cm³/mol. The molecule has 7 nitrogen and oxygen atoms in total. The quantitative estimate of drug-likeness (QED) is 0.522. The highest BCUT2D eigenvalue weighted by Crippen LogP contribution is 2.39. The number of hydrogen-bond donors (Lipinski definition) is 0. The van der Waals surface area contributed by atoms with Crippen molar-refractivity contribution in [1.82, 2.24) is 15.0 Å². The molecule has 4 heterocycles. The molecule has 1 unspecified atom stereocenters. The van der Waals surface area contributed by atoms with Crippen LogP contribution in [0.4, 0.5) is 20.2 Å². The molecule has 5 rings (SSSR count). The number of fused-ring (bicyclic) bond motifs is 1. The van der Waals surface area contributed by atoms with Crippen molar-refractivity contribution in [2.24, 2.45) is 0 Å². The zero-order valence-corrected chi connectivity index (χ0v) is 20.2. The van der Waals surface area contributed by atoms with Crippen molar-refractivity contribution >= 4 is 11.4 Å². The second kappa shape index (κ2) is 9.73. The molecule has 0 N–H and O–H groups in total. The summed E-state index contributed by atoms with van der Waals surface area (Å²) < 4.78 is 40.7. The number of anilines is 2. The molecule has 0 spiro atoms. The van der Waals surface area contributed by atoms with Crippen LogP contribution in [0.5, 0.6) is 5.75 Å². The number of hydrogen-bond acceptors (Lipinski definition) is 7. The van der Waals surface area contributed by atoms with Crippen LogP contribution in [0.3, 0.4) is 0 Å². The number of rotatable bonds is 6. The zero-order chi connectivity index (χ0) is 24.5. The van der Waals surface area contributed by atoms with Crippen molar-refractivity contribution in [3.05, 3.63) is 59.8 Å². The second-order valence-electron chi connectivity index (χ2n) is 9.24. The molecule has 2 aliphatic heterocycles. The van der Waals surface area contributed by atoms with E-state index in [1.807, 2.05) is 44.1 Å². The van der Waals surface area contributed by atoms with E-state index in [0.717, 1.165) is 37.2 Å². The summed E-state index contributed by atoms with van der Waals surface area (Å²) >= 11 is 0. The monoisotopic (exact) mass is 481 g/mol. The normalized spacial score (nSPS) is 17.4. The highest BCUT2D eigenvalue weighted by atomic mass is 19.1. The van der Waals surface area contributed by atoms with Crippen LogP contribution in [0.1, 0.15) is 31.8 Å². The van der Waals surface area contributed by atoms with E-state index in [4.69, 9.17) is 9.47 Å². The van der Waals surface area contributed by atoms with E-state index in [-0.39, 0.29) is 17.5 Å². The molecule has 0 aliphatic carbocycles. The van der Waals surface area contributed by atoms with Gasteiger partial charge in [-0.2, -0.15) is 0 Å². The summed E-state index contributed by atoms with van der Waals surface area (Å²) in [7, 11) is 2.04. The van der Waals surface area contributed by atoms with E-state index in [2.05, 4.69) is 19.9 Å². The van der Waals surface area contributed by atoms with Crippen molar-refractivity contribution < 1.29 is 18.3 Å². The van der Waals surface area contributed by atoms with Gasteiger partial charge in [0.25, 0.3) is 0 Å². The summed E-state index contributed by atoms with van der Waals surface area (Å²) in [5, 5.41) is 0. The van der Waals surface area contributed by atoms with E-state index < -0.39 is 11.6 Å². The molecule has 2 aromatic heterocycles. The summed E-state index contributed by atoms with van der Waals surface area (Å²) in [4.78, 5) is 17.4. The Morgan fingerprint density at radius 1 is 1.11 bits per heavy atom. The number of benzene rings is 1. The fraction of sp³-hybridized carbons (Fsp3) is 0.423. The van der Waals surface area contributed by atoms with E-state index >= 15 is 0 Å². The van der Waals surface area contributed by atoms with Gasteiger partial charge in [-0.15, -0.1) is 0 Å². The Balaban J connectivity index is 1.40. The van der Waals surface area contributed by atoms with Crippen molar-refractivity contribution in [3.63, 3.8) is 0 Å². The number of pyridine rings is 1. The van der Waals surface area contributed by atoms with Crippen molar-refractivity contribution in [1.29, 1.82) is 0 Å². The SMILES string of the molecule is CC(C)N1CCOc2c(F)cc(-c3nc(Cc4ccc(N(C)C5CCOC5)cn4)ncc3F)cc21. The van der Waals surface area contributed by atoms with E-state index in [1.165, 1.54) is 6.07 Å². The van der Waals surface area contributed by atoms with Gasteiger partial charge in [0.15, 0.2) is 17.4 Å². The predicted octanol–water partition coefficient (Wildman–Crippen LogP) is 4.24. The van der Waals surface area contributed by atoms with Gasteiger partial charge in [0.05, 0.1) is 49.4 Å². The first-order valence-corrected chi connectivity index (χ1v) is 11.9. The van der Waals surface area contributed by atoms with Gasteiger partial charge in [-0.1, -0.05) is 0 Å². The first kappa shape index (κ1) is 23.4. The Bertz CT molecular complexity index is 1200. The molecular formula is C26H29F2N5O2. The third-order valence-corrected chi connectivity index (χ3v) is 6.61. The summed E-state index contributed by atoms with van der Waals surface area (Å²) in [5.41, 5.74) is 2.78. The summed E-state index contributed by atoms with van der Waals surface area (Å²) in [5.74, 6) is -0.530. The largest absolute Gasteiger partial charge is 0.486 e. The van der Waals surface area contributed by atoms with Crippen LogP contribution >= 0.6 is 0 Å². The maximum atomic E-state index is 14.9. The van der Waals surface area contributed by atoms with E-state index in [1.54, 1.807) is 6.07 Å². The van der Waals surface area contributed by atoms with Crippen LogP contribution in [-0.4, -0.2) is 60.4 Å². The van der Waals surface area contributed by atoms with Crippen LogP contribution in [0.2, 0.25) is 0 Å². The third kappa shape index (κ3) is 4.77. The number of likely N-dealkylation sites (N-methyl/N-ethyl adjacent to an activating group) is 1. The topological polar surface area (TPSA) is 63.6 Å². The lowest BCUT2D eigenvalue weighted by molar-refractivity contribution is 0.193. The molecule has 1 aromatic carbocycles. The number of nitrogens with zero attached hydrogens (tertiary/aromatic N) is 5. The van der Waals surface area contributed by atoms with E-state index in [0.29, 0.717) is 42.7 Å². The van der Waals surface area contributed by atoms with Crippen LogP contribution in [0.15, 0.2) is 36.7 Å². The van der Waals surface area contributed by atoms with Gasteiger partial charge in [-0.3, -0.25) is 4.98 Å². The second-order valence-corrected chi connectivity index (χ2v) is 9.24. The molecule has 0 bridgehead atoms. The van der Waals surface area contributed by atoms with Gasteiger partial charge in [0, 0.05) is 31.0 Å². The Kier molecular flexibility index (Phi) is 6.51. The molecule has 0 radical (unpaired) electrons. The Labute approximate surface area is 203 Å². The lowest BCUT2D eigenvalue weighted by Crippen LogP contribution is -2.38. The minimum Gasteiger partial charge on any atom is -0.486 e. The van der Waals surface area contributed by atoms with Crippen LogP contribution in [0, 0.1) is 11.6 Å². The van der Waals surface area contributed by atoms with Gasteiger partial charge < -0.3 is 19.3 Å². The van der Waals surface area contributed by atoms with Crippen molar-refractivity contribution in [2.45, 2.75) is 38.8 Å². The highest BCUT2D eigenvalue weighted by molar-refractivity contribution is 5.72. The molecule has 9 heteroatoms. The smallest absolute Gasteiger partial charge is 0.178 e. The third-order valence-electron chi connectivity index (χ3n) is 6.61. The standard InChI is InChI=1S/C26H29F2N5O2/c1-16(2)33-7-9-35-26-21(27)10-17(11-23(26)33)25-22(28)14-30-24(31-25)12-18-4-5-19(13-29-18)32(3)20-6-8-34-15-20/h4-5,10-11,13-14,16,20H,6-9,12,15H2,1-3H3. The zero-order valence-electron chi connectivity index (χ0n) is 20.2. The molecule has 3 aromatic rings. The average Bonchev–Trinajstić information content (AvgIpc) is 3.40. The van der Waals surface area contributed by atoms with Crippen molar-refractivity contribution in [2.75, 3.05) is 43.2 Å². The van der Waals surface area contributed by atoms with Crippen LogP contribution in [0.25, 0.3) is 11.3 Å². The summed E-state index contributed by atoms with van der Waals surface area (Å²) in [6.07, 6.45) is 4.28. The molecule has 0 amide bonds. The first-order valence-electron chi connectivity index (χ1n) is 11.9. The van der Waals surface area contributed by atoms with Gasteiger partial charge >= 0.3 is 0 Å². The molecule has 1 fully saturated rings. The Hall–Kier alpha value is -3.33. The maximum absolute atomic E-state index is 14.9. The van der Waals surface area contributed by atoms with Crippen LogP contribution < -0.4 is 14.5 Å². The van der Waals surface area contributed by atoms with Gasteiger partial charge in [-0.25, -0.2) is 18.7 Å². The molecule has 1 saturated heterocycles. The van der Waals surface area contributed by atoms with E-state index in [9.17, 15) is 8.78 Å². The summed E-state index contributed by atoms with van der Waals surface area (Å²) in [6, 6.07) is 7.43. The molecule has 1 atom stereocenters. The van der Waals surface area contributed by atoms with Crippen LogP contribution in [-0.2, 0) is 11.2 Å². The lowest BCUT2D eigenvalue weighted by atomic mass is 10.1. The van der Waals surface area contributed by atoms with Gasteiger partial charge in [-0.05, 0) is 44.5 Å². The molecule has 0 saturated carbocycles. The average molecular weight is 482 g/mol. The minimum atomic E-state index is -0.607.